The molecule has 2 N–H and O–H groups in total. The molecule has 25 heavy (non-hydrogen) atoms. The SMILES string of the molecule is Cc1ccc(C(=O)Nc2ccc(S(=O)(=O)NC(C)(C)C)cc2)cc1C. The molecule has 5 nitrogen and oxygen atoms in total. The molecule has 2 aromatic carbocycles. The van der Waals surface area contributed by atoms with Crippen molar-refractivity contribution in [3.05, 3.63) is 59.2 Å². The Morgan fingerprint density at radius 2 is 1.52 bits per heavy atom. The first-order valence-corrected chi connectivity index (χ1v) is 9.49. The molecule has 2 rings (SSSR count). The van der Waals surface area contributed by atoms with Gasteiger partial charge in [-0.3, -0.25) is 4.79 Å². The number of amides is 1. The average molecular weight is 360 g/mol. The third-order valence-corrected chi connectivity index (χ3v) is 5.41. The summed E-state index contributed by atoms with van der Waals surface area (Å²) < 4.78 is 27.1. The zero-order valence-corrected chi connectivity index (χ0v) is 16.0. The summed E-state index contributed by atoms with van der Waals surface area (Å²) in [5.74, 6) is -0.230. The van der Waals surface area contributed by atoms with Crippen LogP contribution in [0.5, 0.6) is 0 Å². The Morgan fingerprint density at radius 3 is 2.04 bits per heavy atom. The predicted octanol–water partition coefficient (Wildman–Crippen LogP) is 3.63. The van der Waals surface area contributed by atoms with Crippen molar-refractivity contribution in [1.82, 2.24) is 4.72 Å². The molecular weight excluding hydrogens is 336 g/mol. The number of sulfonamides is 1. The lowest BCUT2D eigenvalue weighted by atomic mass is 10.1. The van der Waals surface area contributed by atoms with Crippen molar-refractivity contribution >= 4 is 21.6 Å². The van der Waals surface area contributed by atoms with Gasteiger partial charge in [0.15, 0.2) is 0 Å². The molecule has 2 aromatic rings. The quantitative estimate of drug-likeness (QED) is 0.874. The highest BCUT2D eigenvalue weighted by Gasteiger charge is 2.21. The van der Waals surface area contributed by atoms with Crippen LogP contribution < -0.4 is 10.0 Å². The van der Waals surface area contributed by atoms with Gasteiger partial charge >= 0.3 is 0 Å². The Labute approximate surface area is 149 Å². The minimum Gasteiger partial charge on any atom is -0.322 e. The van der Waals surface area contributed by atoms with Crippen LogP contribution in [-0.2, 0) is 10.0 Å². The zero-order valence-electron chi connectivity index (χ0n) is 15.2. The number of carbonyl (C=O) groups excluding carboxylic acids is 1. The number of rotatable bonds is 4. The lowest BCUT2D eigenvalue weighted by Gasteiger charge is -2.20. The molecule has 0 unspecified atom stereocenters. The largest absolute Gasteiger partial charge is 0.322 e. The molecule has 0 atom stereocenters. The average Bonchev–Trinajstić information content (AvgIpc) is 2.48. The maximum absolute atomic E-state index is 12.3. The molecular formula is C19H24N2O3S. The van der Waals surface area contributed by atoms with Crippen molar-refractivity contribution in [3.63, 3.8) is 0 Å². The third-order valence-electron chi connectivity index (χ3n) is 3.63. The van der Waals surface area contributed by atoms with Crippen molar-refractivity contribution < 1.29 is 13.2 Å². The van der Waals surface area contributed by atoms with Crippen molar-refractivity contribution in [3.8, 4) is 0 Å². The molecule has 0 aliphatic heterocycles. The first kappa shape index (κ1) is 19.1. The minimum absolute atomic E-state index is 0.159. The highest BCUT2D eigenvalue weighted by molar-refractivity contribution is 7.89. The van der Waals surface area contributed by atoms with Gasteiger partial charge in [0.05, 0.1) is 4.90 Å². The molecule has 0 aliphatic carbocycles. The van der Waals surface area contributed by atoms with E-state index in [9.17, 15) is 13.2 Å². The summed E-state index contributed by atoms with van der Waals surface area (Å²) in [5.41, 5.74) is 2.71. The number of carbonyl (C=O) groups is 1. The molecule has 0 aromatic heterocycles. The van der Waals surface area contributed by atoms with Crippen LogP contribution in [-0.4, -0.2) is 19.9 Å². The summed E-state index contributed by atoms with van der Waals surface area (Å²) in [6.07, 6.45) is 0. The highest BCUT2D eigenvalue weighted by Crippen LogP contribution is 2.17. The van der Waals surface area contributed by atoms with Crippen LogP contribution in [0.3, 0.4) is 0 Å². The van der Waals surface area contributed by atoms with Crippen LogP contribution in [0.1, 0.15) is 42.3 Å². The van der Waals surface area contributed by atoms with E-state index in [-0.39, 0.29) is 10.8 Å². The predicted molar refractivity (Wildman–Crippen MR) is 100 cm³/mol. The topological polar surface area (TPSA) is 75.3 Å². The van der Waals surface area contributed by atoms with E-state index < -0.39 is 15.6 Å². The van der Waals surface area contributed by atoms with E-state index in [2.05, 4.69) is 10.0 Å². The summed E-state index contributed by atoms with van der Waals surface area (Å²) in [5, 5.41) is 2.78. The number of anilines is 1. The Bertz CT molecular complexity index is 880. The van der Waals surface area contributed by atoms with Gasteiger partial charge in [-0.1, -0.05) is 6.07 Å². The van der Waals surface area contributed by atoms with Crippen LogP contribution in [0, 0.1) is 13.8 Å². The fraction of sp³-hybridized carbons (Fsp3) is 0.316. The van der Waals surface area contributed by atoms with Gasteiger partial charge in [-0.2, -0.15) is 0 Å². The van der Waals surface area contributed by atoms with Gasteiger partial charge in [-0.25, -0.2) is 13.1 Å². The molecule has 1 amide bonds. The molecule has 0 spiro atoms. The second kappa shape index (κ2) is 6.98. The van der Waals surface area contributed by atoms with Crippen molar-refractivity contribution in [2.45, 2.75) is 45.1 Å². The van der Waals surface area contributed by atoms with Crippen molar-refractivity contribution in [2.24, 2.45) is 0 Å². The molecule has 0 radical (unpaired) electrons. The lowest BCUT2D eigenvalue weighted by molar-refractivity contribution is 0.102. The summed E-state index contributed by atoms with van der Waals surface area (Å²) in [7, 11) is -3.59. The van der Waals surface area contributed by atoms with Gasteiger partial charge in [-0.05, 0) is 82.1 Å². The first-order chi connectivity index (χ1) is 11.5. The van der Waals surface area contributed by atoms with E-state index in [0.717, 1.165) is 11.1 Å². The fourth-order valence-corrected chi connectivity index (χ4v) is 3.68. The van der Waals surface area contributed by atoms with Gasteiger partial charge in [0.1, 0.15) is 0 Å². The second-order valence-electron chi connectivity index (χ2n) is 7.13. The van der Waals surface area contributed by atoms with E-state index >= 15 is 0 Å². The number of aryl methyl sites for hydroxylation is 2. The maximum Gasteiger partial charge on any atom is 0.255 e. The van der Waals surface area contributed by atoms with Crippen LogP contribution >= 0.6 is 0 Å². The summed E-state index contributed by atoms with van der Waals surface area (Å²) in [4.78, 5) is 12.5. The first-order valence-electron chi connectivity index (χ1n) is 8.01. The molecule has 0 aliphatic rings. The van der Waals surface area contributed by atoms with E-state index in [0.29, 0.717) is 11.3 Å². The number of benzene rings is 2. The van der Waals surface area contributed by atoms with Gasteiger partial charge in [-0.15, -0.1) is 0 Å². The van der Waals surface area contributed by atoms with E-state index in [1.807, 2.05) is 26.0 Å². The normalized spacial score (nSPS) is 12.0. The summed E-state index contributed by atoms with van der Waals surface area (Å²) in [6.45, 7) is 9.28. The second-order valence-corrected chi connectivity index (χ2v) is 8.82. The Morgan fingerprint density at radius 1 is 0.920 bits per heavy atom. The van der Waals surface area contributed by atoms with Crippen LogP contribution in [0.25, 0.3) is 0 Å². The van der Waals surface area contributed by atoms with Crippen LogP contribution in [0.2, 0.25) is 0 Å². The number of hydrogen-bond donors (Lipinski definition) is 2. The van der Waals surface area contributed by atoms with Gasteiger partial charge in [0, 0.05) is 16.8 Å². The zero-order chi connectivity index (χ0) is 18.8. The molecule has 0 bridgehead atoms. The van der Waals surface area contributed by atoms with Gasteiger partial charge in [0.2, 0.25) is 10.0 Å². The van der Waals surface area contributed by atoms with Crippen molar-refractivity contribution in [1.29, 1.82) is 0 Å². The molecule has 134 valence electrons. The molecule has 0 saturated heterocycles. The Balaban J connectivity index is 2.15. The van der Waals surface area contributed by atoms with Crippen LogP contribution in [0.4, 0.5) is 5.69 Å². The maximum atomic E-state index is 12.3. The van der Waals surface area contributed by atoms with Crippen molar-refractivity contribution in [2.75, 3.05) is 5.32 Å². The van der Waals surface area contributed by atoms with Gasteiger partial charge < -0.3 is 5.32 Å². The summed E-state index contributed by atoms with van der Waals surface area (Å²) >= 11 is 0. The summed E-state index contributed by atoms with van der Waals surface area (Å²) in [6, 6.07) is 11.6. The Kier molecular flexibility index (Phi) is 5.34. The monoisotopic (exact) mass is 360 g/mol. The van der Waals surface area contributed by atoms with E-state index in [1.165, 1.54) is 12.1 Å². The molecule has 6 heteroatoms. The van der Waals surface area contributed by atoms with E-state index in [1.54, 1.807) is 39.0 Å². The molecule has 0 heterocycles. The van der Waals surface area contributed by atoms with Crippen LogP contribution in [0.15, 0.2) is 47.4 Å². The lowest BCUT2D eigenvalue weighted by Crippen LogP contribution is -2.40. The minimum atomic E-state index is -3.59. The molecule has 0 saturated carbocycles. The third kappa shape index (κ3) is 5.14. The number of hydrogen-bond acceptors (Lipinski definition) is 3. The fourth-order valence-electron chi connectivity index (χ4n) is 2.27. The highest BCUT2D eigenvalue weighted by atomic mass is 32.2. The smallest absolute Gasteiger partial charge is 0.255 e. The van der Waals surface area contributed by atoms with E-state index in [4.69, 9.17) is 0 Å². The Hall–Kier alpha value is -2.18. The molecule has 0 fully saturated rings. The van der Waals surface area contributed by atoms with Gasteiger partial charge in [0.25, 0.3) is 5.91 Å². The standard InChI is InChI=1S/C19H24N2O3S/c1-13-6-7-15(12-14(13)2)18(22)20-16-8-10-17(11-9-16)25(23,24)21-19(3,4)5/h6-12,21H,1-5H3,(H,20,22). The number of nitrogens with one attached hydrogen (secondary N) is 2.